The molecule has 0 radical (unpaired) electrons. The summed E-state index contributed by atoms with van der Waals surface area (Å²) in [6.07, 6.45) is 0. The molecule has 2 aliphatic rings. The monoisotopic (exact) mass is 435 g/mol. The summed E-state index contributed by atoms with van der Waals surface area (Å²) in [6, 6.07) is 24.7. The van der Waals surface area contributed by atoms with Crippen LogP contribution >= 0.6 is 0 Å². The molecule has 0 aromatic heterocycles. The molecule has 31 heavy (non-hydrogen) atoms. The van der Waals surface area contributed by atoms with Gasteiger partial charge in [-0.3, -0.25) is 15.0 Å². The van der Waals surface area contributed by atoms with Crippen LogP contribution in [0.2, 0.25) is 0 Å². The zero-order chi connectivity index (χ0) is 21.6. The molecule has 5 rings (SSSR count). The molecule has 0 spiro atoms. The Balaban J connectivity index is 1.64. The highest BCUT2D eigenvalue weighted by Crippen LogP contribution is 2.54. The Morgan fingerprint density at radius 1 is 0.935 bits per heavy atom. The lowest BCUT2D eigenvalue weighted by Gasteiger charge is -2.31. The van der Waals surface area contributed by atoms with Gasteiger partial charge in [0.25, 0.3) is 10.0 Å². The molecular formula is C23H21N3O4S. The summed E-state index contributed by atoms with van der Waals surface area (Å²) in [5, 5.41) is 12.6. The molecule has 0 saturated carbocycles. The molecule has 158 valence electrons. The lowest BCUT2D eigenvalue weighted by Crippen LogP contribution is -2.58. The van der Waals surface area contributed by atoms with E-state index in [9.17, 15) is 18.5 Å². The van der Waals surface area contributed by atoms with Gasteiger partial charge in [0.2, 0.25) is 0 Å². The lowest BCUT2D eigenvalue weighted by molar-refractivity contribution is -0.563. The van der Waals surface area contributed by atoms with Crippen LogP contribution < -0.4 is 4.31 Å². The number of benzene rings is 3. The smallest absolute Gasteiger partial charge is 0.289 e. The Hall–Kier alpha value is -3.23. The molecule has 2 atom stereocenters. The fraction of sp³-hybridized carbons (Fsp3) is 0.217. The van der Waals surface area contributed by atoms with Gasteiger partial charge < -0.3 is 0 Å². The zero-order valence-electron chi connectivity index (χ0n) is 16.7. The number of hydrogen-bond donors (Lipinski definition) is 0. The summed E-state index contributed by atoms with van der Waals surface area (Å²) in [5.74, 6) is -0.555. The number of hydrogen-bond acceptors (Lipinski definition) is 5. The van der Waals surface area contributed by atoms with E-state index in [1.54, 1.807) is 30.3 Å². The Kier molecular flexibility index (Phi) is 4.56. The number of para-hydroxylation sites is 1. The molecule has 1 fully saturated rings. The van der Waals surface area contributed by atoms with E-state index in [4.69, 9.17) is 0 Å². The molecule has 1 saturated heterocycles. The van der Waals surface area contributed by atoms with Gasteiger partial charge in [-0.05, 0) is 29.3 Å². The fourth-order valence-corrected chi connectivity index (χ4v) is 6.70. The highest BCUT2D eigenvalue weighted by molar-refractivity contribution is 7.93. The van der Waals surface area contributed by atoms with E-state index >= 15 is 0 Å². The molecule has 2 heterocycles. The first-order chi connectivity index (χ1) is 14.9. The summed E-state index contributed by atoms with van der Waals surface area (Å²) < 4.78 is 28.5. The van der Waals surface area contributed by atoms with Crippen LogP contribution in [0.15, 0.2) is 89.8 Å². The Labute approximate surface area is 180 Å². The molecule has 2 aliphatic heterocycles. The minimum atomic E-state index is -4.14. The van der Waals surface area contributed by atoms with E-state index in [1.807, 2.05) is 47.4 Å². The van der Waals surface area contributed by atoms with Crippen LogP contribution in [0.4, 0.5) is 5.69 Å². The van der Waals surface area contributed by atoms with Gasteiger partial charge in [-0.2, -0.15) is 4.31 Å². The average Bonchev–Trinajstić information content (AvgIpc) is 3.27. The van der Waals surface area contributed by atoms with Crippen LogP contribution in [-0.4, -0.2) is 37.0 Å². The molecule has 0 unspecified atom stereocenters. The topological polar surface area (TPSA) is 83.8 Å². The SMILES string of the molecule is O=[N+]([O-])[C@]12CN(Cc3ccccc3)C[C@H]1c1ccccc1N2S(=O)(=O)c1ccccc1. The third kappa shape index (κ3) is 2.94. The Morgan fingerprint density at radius 2 is 1.55 bits per heavy atom. The third-order valence-corrected chi connectivity index (χ3v) is 8.05. The minimum absolute atomic E-state index is 0.0142. The first-order valence-electron chi connectivity index (χ1n) is 10.0. The predicted molar refractivity (Wildman–Crippen MR) is 117 cm³/mol. The van der Waals surface area contributed by atoms with Crippen molar-refractivity contribution in [1.29, 1.82) is 0 Å². The molecule has 3 aromatic carbocycles. The van der Waals surface area contributed by atoms with E-state index in [-0.39, 0.29) is 11.4 Å². The van der Waals surface area contributed by atoms with Crippen molar-refractivity contribution in [3.05, 3.63) is 106 Å². The van der Waals surface area contributed by atoms with Crippen molar-refractivity contribution in [3.8, 4) is 0 Å². The molecule has 7 nitrogen and oxygen atoms in total. The van der Waals surface area contributed by atoms with Gasteiger partial charge in [0.1, 0.15) is 0 Å². The predicted octanol–water partition coefficient (Wildman–Crippen LogP) is 3.47. The van der Waals surface area contributed by atoms with Gasteiger partial charge >= 0.3 is 5.66 Å². The van der Waals surface area contributed by atoms with E-state index < -0.39 is 26.5 Å². The average molecular weight is 436 g/mol. The molecular weight excluding hydrogens is 414 g/mol. The van der Waals surface area contributed by atoms with Gasteiger partial charge in [-0.1, -0.05) is 66.7 Å². The van der Waals surface area contributed by atoms with Gasteiger partial charge in [0, 0.05) is 13.1 Å². The maximum absolute atomic E-state index is 13.7. The summed E-state index contributed by atoms with van der Waals surface area (Å²) >= 11 is 0. The van der Waals surface area contributed by atoms with Crippen molar-refractivity contribution in [2.75, 3.05) is 17.4 Å². The van der Waals surface area contributed by atoms with Crippen molar-refractivity contribution in [3.63, 3.8) is 0 Å². The molecule has 0 amide bonds. The highest BCUT2D eigenvalue weighted by atomic mass is 32.2. The number of nitro groups is 1. The van der Waals surface area contributed by atoms with Crippen LogP contribution in [0, 0.1) is 10.1 Å². The van der Waals surface area contributed by atoms with Gasteiger partial charge in [-0.15, -0.1) is 0 Å². The van der Waals surface area contributed by atoms with E-state index in [1.165, 1.54) is 12.1 Å². The van der Waals surface area contributed by atoms with Crippen LogP contribution in [0.5, 0.6) is 0 Å². The maximum atomic E-state index is 13.7. The number of sulfonamides is 1. The number of fused-ring (bicyclic) bond motifs is 3. The first kappa shape index (κ1) is 19.7. The van der Waals surface area contributed by atoms with Crippen molar-refractivity contribution >= 4 is 15.7 Å². The summed E-state index contributed by atoms with van der Waals surface area (Å²) in [7, 11) is -4.14. The van der Waals surface area contributed by atoms with Crippen LogP contribution in [0.25, 0.3) is 0 Å². The zero-order valence-corrected chi connectivity index (χ0v) is 17.5. The van der Waals surface area contributed by atoms with Crippen LogP contribution in [-0.2, 0) is 16.6 Å². The lowest BCUT2D eigenvalue weighted by atomic mass is 9.93. The van der Waals surface area contributed by atoms with E-state index in [0.717, 1.165) is 9.87 Å². The largest absolute Gasteiger partial charge is 0.329 e. The van der Waals surface area contributed by atoms with Gasteiger partial charge in [0.05, 0.1) is 28.0 Å². The number of rotatable bonds is 5. The van der Waals surface area contributed by atoms with Gasteiger partial charge in [-0.25, -0.2) is 8.42 Å². The quantitative estimate of drug-likeness (QED) is 0.453. The fourth-order valence-electron chi connectivity index (χ4n) is 4.89. The maximum Gasteiger partial charge on any atom is 0.329 e. The van der Waals surface area contributed by atoms with Crippen molar-refractivity contribution in [2.24, 2.45) is 0 Å². The second-order valence-corrected chi connectivity index (χ2v) is 9.77. The van der Waals surface area contributed by atoms with Crippen LogP contribution in [0.3, 0.4) is 0 Å². The molecule has 0 bridgehead atoms. The number of likely N-dealkylation sites (tertiary alicyclic amines) is 1. The molecule has 0 N–H and O–H groups in total. The molecule has 3 aromatic rings. The van der Waals surface area contributed by atoms with E-state index in [2.05, 4.69) is 0 Å². The minimum Gasteiger partial charge on any atom is -0.289 e. The van der Waals surface area contributed by atoms with Crippen molar-refractivity contribution in [2.45, 2.75) is 23.0 Å². The van der Waals surface area contributed by atoms with Crippen LogP contribution in [0.1, 0.15) is 17.0 Å². The summed E-state index contributed by atoms with van der Waals surface area (Å²) in [4.78, 5) is 14.3. The summed E-state index contributed by atoms with van der Waals surface area (Å²) in [6.45, 7) is 0.947. The second kappa shape index (κ2) is 7.18. The molecule has 8 heteroatoms. The second-order valence-electron chi connectivity index (χ2n) is 7.98. The Morgan fingerprint density at radius 3 is 2.23 bits per heavy atom. The first-order valence-corrected chi connectivity index (χ1v) is 11.5. The van der Waals surface area contributed by atoms with Crippen molar-refractivity contribution < 1.29 is 13.3 Å². The standard InChI is InChI=1S/C23H21N3O4S/c27-26(28)23-17-24(15-18-9-3-1-4-10-18)16-21(23)20-13-7-8-14-22(20)25(23)31(29,30)19-11-5-2-6-12-19/h1-14,21H,15-17H2/t21-,23+/m0/s1. The van der Waals surface area contributed by atoms with Crippen molar-refractivity contribution in [1.82, 2.24) is 4.90 Å². The molecule has 0 aliphatic carbocycles. The highest BCUT2D eigenvalue weighted by Gasteiger charge is 2.69. The number of anilines is 1. The Bertz CT molecular complexity index is 1230. The number of nitrogens with zero attached hydrogens (tertiary/aromatic N) is 3. The third-order valence-electron chi connectivity index (χ3n) is 6.18. The van der Waals surface area contributed by atoms with Gasteiger partial charge in [0.15, 0.2) is 0 Å². The van der Waals surface area contributed by atoms with E-state index in [0.29, 0.717) is 24.3 Å². The normalized spacial score (nSPS) is 22.8. The summed E-state index contributed by atoms with van der Waals surface area (Å²) in [5.41, 5.74) is 0.348.